The van der Waals surface area contributed by atoms with E-state index in [0.29, 0.717) is 22.2 Å². The fourth-order valence-corrected chi connectivity index (χ4v) is 5.33. The number of thioether (sulfide) groups is 1. The second-order valence-corrected chi connectivity index (χ2v) is 9.03. The van der Waals surface area contributed by atoms with Crippen LogP contribution in [0.4, 0.5) is 5.69 Å². The Kier molecular flexibility index (Phi) is 5.25. The number of para-hydroxylation sites is 1. The molecule has 0 aliphatic heterocycles. The van der Waals surface area contributed by atoms with Crippen LogP contribution in [0.3, 0.4) is 0 Å². The van der Waals surface area contributed by atoms with Gasteiger partial charge < -0.3 is 9.88 Å². The number of aryl methyl sites for hydroxylation is 1. The van der Waals surface area contributed by atoms with E-state index in [1.165, 1.54) is 44.5 Å². The second kappa shape index (κ2) is 8.20. The minimum atomic E-state index is -0.0918. The van der Waals surface area contributed by atoms with E-state index in [1.54, 1.807) is 6.20 Å². The molecule has 3 heterocycles. The number of nitrogens with one attached hydrogen (secondary N) is 1. The minimum Gasteiger partial charge on any atom is -0.341 e. The van der Waals surface area contributed by atoms with Gasteiger partial charge in [-0.1, -0.05) is 18.2 Å². The van der Waals surface area contributed by atoms with Crippen LogP contribution < -0.4 is 10.9 Å². The SMILES string of the molecule is CCn1c2ccccc2c2cc(NC(=O)CSCc3cc(=O)n4ccsc4n3)ccc21. The number of benzene rings is 2. The number of hydrogen-bond donors (Lipinski definition) is 1. The van der Waals surface area contributed by atoms with E-state index < -0.39 is 0 Å². The van der Waals surface area contributed by atoms with Crippen molar-refractivity contribution in [3.8, 4) is 0 Å². The van der Waals surface area contributed by atoms with Crippen molar-refractivity contribution < 1.29 is 4.79 Å². The molecule has 0 aliphatic rings. The molecule has 8 heteroatoms. The molecule has 0 saturated carbocycles. The first-order valence-electron chi connectivity index (χ1n) is 9.98. The third-order valence-corrected chi connectivity index (χ3v) is 6.93. The Labute approximate surface area is 186 Å². The molecular formula is C23H20N4O2S2. The van der Waals surface area contributed by atoms with Gasteiger partial charge in [0.2, 0.25) is 5.91 Å². The van der Waals surface area contributed by atoms with E-state index >= 15 is 0 Å². The summed E-state index contributed by atoms with van der Waals surface area (Å²) in [6, 6.07) is 15.9. The molecule has 0 atom stereocenters. The molecule has 2 aromatic carbocycles. The molecule has 0 unspecified atom stereocenters. The summed E-state index contributed by atoms with van der Waals surface area (Å²) in [6.07, 6.45) is 1.72. The highest BCUT2D eigenvalue weighted by molar-refractivity contribution is 7.99. The van der Waals surface area contributed by atoms with E-state index in [2.05, 4.69) is 40.0 Å². The van der Waals surface area contributed by atoms with E-state index in [0.717, 1.165) is 23.1 Å². The summed E-state index contributed by atoms with van der Waals surface area (Å²) >= 11 is 2.87. The zero-order valence-corrected chi connectivity index (χ0v) is 18.5. The molecule has 0 saturated heterocycles. The molecule has 0 spiro atoms. The largest absolute Gasteiger partial charge is 0.341 e. The lowest BCUT2D eigenvalue weighted by Crippen LogP contribution is -2.15. The van der Waals surface area contributed by atoms with Crippen molar-refractivity contribution in [1.82, 2.24) is 14.0 Å². The highest BCUT2D eigenvalue weighted by Gasteiger charge is 2.11. The molecule has 1 amide bonds. The number of nitrogens with zero attached hydrogens (tertiary/aromatic N) is 3. The van der Waals surface area contributed by atoms with Gasteiger partial charge in [-0.25, -0.2) is 4.98 Å². The number of amides is 1. The first kappa shape index (κ1) is 19.8. The zero-order valence-electron chi connectivity index (χ0n) is 16.9. The predicted molar refractivity (Wildman–Crippen MR) is 129 cm³/mol. The number of hydrogen-bond acceptors (Lipinski definition) is 5. The first-order chi connectivity index (χ1) is 15.1. The molecule has 6 nitrogen and oxygen atoms in total. The van der Waals surface area contributed by atoms with Crippen LogP contribution in [0.1, 0.15) is 12.6 Å². The lowest BCUT2D eigenvalue weighted by Gasteiger charge is -2.07. The van der Waals surface area contributed by atoms with Gasteiger partial charge in [-0.05, 0) is 31.2 Å². The molecule has 5 aromatic rings. The standard InChI is InChI=1S/C23H20N4O2S2/c1-2-26-19-6-4-3-5-17(19)18-11-15(7-8-20(18)26)24-21(28)14-30-13-16-12-22(29)27-9-10-31-23(27)25-16/h3-12H,2,13-14H2,1H3,(H,24,28). The van der Waals surface area contributed by atoms with E-state index in [-0.39, 0.29) is 11.5 Å². The van der Waals surface area contributed by atoms with Crippen molar-refractivity contribution in [3.63, 3.8) is 0 Å². The van der Waals surface area contributed by atoms with Crippen LogP contribution >= 0.6 is 23.1 Å². The minimum absolute atomic E-state index is 0.0718. The molecule has 0 radical (unpaired) electrons. The highest BCUT2D eigenvalue weighted by atomic mass is 32.2. The maximum atomic E-state index is 12.5. The summed E-state index contributed by atoms with van der Waals surface area (Å²) in [7, 11) is 0. The third kappa shape index (κ3) is 3.73. The predicted octanol–water partition coefficient (Wildman–Crippen LogP) is 4.76. The van der Waals surface area contributed by atoms with Gasteiger partial charge in [-0.15, -0.1) is 23.1 Å². The van der Waals surface area contributed by atoms with Crippen molar-refractivity contribution in [2.45, 2.75) is 19.2 Å². The Morgan fingerprint density at radius 2 is 1.97 bits per heavy atom. The second-order valence-electron chi connectivity index (χ2n) is 7.18. The maximum absolute atomic E-state index is 12.5. The average molecular weight is 449 g/mol. The third-order valence-electron chi connectivity index (χ3n) is 5.21. The van der Waals surface area contributed by atoms with Gasteiger partial charge in [-0.3, -0.25) is 14.0 Å². The summed E-state index contributed by atoms with van der Waals surface area (Å²) in [5, 5.41) is 7.15. The number of fused-ring (bicyclic) bond motifs is 4. The smallest absolute Gasteiger partial charge is 0.258 e. The number of aromatic nitrogens is 3. The van der Waals surface area contributed by atoms with E-state index in [4.69, 9.17) is 0 Å². The van der Waals surface area contributed by atoms with Crippen molar-refractivity contribution in [2.24, 2.45) is 0 Å². The molecule has 0 bridgehead atoms. The molecular weight excluding hydrogens is 428 g/mol. The first-order valence-corrected chi connectivity index (χ1v) is 12.0. The molecule has 0 fully saturated rings. The van der Waals surface area contributed by atoms with Crippen molar-refractivity contribution in [3.05, 3.63) is 76.2 Å². The van der Waals surface area contributed by atoms with Gasteiger partial charge in [0, 0.05) is 57.4 Å². The lowest BCUT2D eigenvalue weighted by molar-refractivity contribution is -0.113. The highest BCUT2D eigenvalue weighted by Crippen LogP contribution is 2.31. The fourth-order valence-electron chi connectivity index (χ4n) is 3.88. The number of rotatable bonds is 6. The Balaban J connectivity index is 1.28. The zero-order chi connectivity index (χ0) is 21.4. The quantitative estimate of drug-likeness (QED) is 0.407. The van der Waals surface area contributed by atoms with Crippen molar-refractivity contribution in [2.75, 3.05) is 11.1 Å². The fraction of sp³-hybridized carbons (Fsp3) is 0.174. The number of anilines is 1. The lowest BCUT2D eigenvalue weighted by atomic mass is 10.1. The summed E-state index contributed by atoms with van der Waals surface area (Å²) in [6.45, 7) is 3.03. The molecule has 156 valence electrons. The number of carbonyl (C=O) groups excluding carboxylic acids is 1. The summed E-state index contributed by atoms with van der Waals surface area (Å²) in [5.74, 6) is 0.734. The molecule has 3 aromatic heterocycles. The Bertz CT molecular complexity index is 1480. The summed E-state index contributed by atoms with van der Waals surface area (Å²) in [5.41, 5.74) is 3.75. The van der Waals surface area contributed by atoms with Crippen LogP contribution in [0.15, 0.2) is 64.9 Å². The molecule has 31 heavy (non-hydrogen) atoms. The van der Waals surface area contributed by atoms with Crippen molar-refractivity contribution >= 4 is 61.5 Å². The maximum Gasteiger partial charge on any atom is 0.258 e. The van der Waals surface area contributed by atoms with Crippen molar-refractivity contribution in [1.29, 1.82) is 0 Å². The number of carbonyl (C=O) groups is 1. The normalized spacial score (nSPS) is 11.5. The van der Waals surface area contributed by atoms with Crippen LogP contribution in [0.2, 0.25) is 0 Å². The van der Waals surface area contributed by atoms with E-state index in [9.17, 15) is 9.59 Å². The van der Waals surface area contributed by atoms with Gasteiger partial charge in [0.25, 0.3) is 5.56 Å². The van der Waals surface area contributed by atoms with Crippen LogP contribution in [-0.2, 0) is 17.1 Å². The molecule has 1 N–H and O–H groups in total. The van der Waals surface area contributed by atoms with E-state index in [1.807, 2.05) is 29.6 Å². The summed E-state index contributed by atoms with van der Waals surface area (Å²) in [4.78, 5) is 29.7. The van der Waals surface area contributed by atoms with Gasteiger partial charge in [0.1, 0.15) is 0 Å². The van der Waals surface area contributed by atoms with Gasteiger partial charge in [0.05, 0.1) is 11.4 Å². The average Bonchev–Trinajstić information content (AvgIpc) is 3.36. The van der Waals surface area contributed by atoms with Crippen LogP contribution in [0, 0.1) is 0 Å². The van der Waals surface area contributed by atoms with Gasteiger partial charge in [-0.2, -0.15) is 0 Å². The summed E-state index contributed by atoms with van der Waals surface area (Å²) < 4.78 is 3.81. The van der Waals surface area contributed by atoms with Crippen LogP contribution in [-0.4, -0.2) is 25.6 Å². The van der Waals surface area contributed by atoms with Gasteiger partial charge >= 0.3 is 0 Å². The Morgan fingerprint density at radius 1 is 1.13 bits per heavy atom. The van der Waals surface area contributed by atoms with Crippen LogP contribution in [0.25, 0.3) is 26.8 Å². The number of thiazole rings is 1. The molecule has 5 rings (SSSR count). The van der Waals surface area contributed by atoms with Gasteiger partial charge in [0.15, 0.2) is 4.96 Å². The molecule has 0 aliphatic carbocycles. The topological polar surface area (TPSA) is 68.4 Å². The van der Waals surface area contributed by atoms with Crippen LogP contribution in [0.5, 0.6) is 0 Å². The Morgan fingerprint density at radius 3 is 2.84 bits per heavy atom. The monoisotopic (exact) mass is 448 g/mol. The Hall–Kier alpha value is -3.10.